The monoisotopic (exact) mass is 284 g/mol. The van der Waals surface area contributed by atoms with Crippen LogP contribution in [-0.2, 0) is 13.0 Å². The van der Waals surface area contributed by atoms with E-state index in [0.717, 1.165) is 12.0 Å². The number of hydrogen-bond acceptors (Lipinski definition) is 1. The minimum atomic E-state index is -0.347. The zero-order valence-electron chi connectivity index (χ0n) is 11.9. The Balaban J connectivity index is 1.74. The maximum absolute atomic E-state index is 13.3. The molecular weight excluding hydrogens is 267 g/mol. The molecule has 0 aromatic heterocycles. The van der Waals surface area contributed by atoms with Gasteiger partial charge in [0.25, 0.3) is 0 Å². The Morgan fingerprint density at radius 1 is 1.19 bits per heavy atom. The van der Waals surface area contributed by atoms with Crippen LogP contribution in [0.2, 0.25) is 0 Å². The Bertz CT molecular complexity index is 684. The Morgan fingerprint density at radius 3 is 2.76 bits per heavy atom. The molecule has 108 valence electrons. The Labute approximate surface area is 123 Å². The molecule has 2 aromatic carbocycles. The molecule has 21 heavy (non-hydrogen) atoms. The van der Waals surface area contributed by atoms with E-state index in [-0.39, 0.29) is 11.8 Å². The van der Waals surface area contributed by atoms with E-state index in [4.69, 9.17) is 0 Å². The average molecular weight is 284 g/mol. The second-order valence-corrected chi connectivity index (χ2v) is 5.33. The maximum Gasteiger partial charge on any atom is 0.322 e. The summed E-state index contributed by atoms with van der Waals surface area (Å²) in [5.41, 5.74) is 3.85. The summed E-state index contributed by atoms with van der Waals surface area (Å²) in [6.07, 6.45) is 0.853. The molecule has 1 heterocycles. The Kier molecular flexibility index (Phi) is 3.60. The van der Waals surface area contributed by atoms with Gasteiger partial charge in [-0.15, -0.1) is 0 Å². The number of nitrogens with one attached hydrogen (secondary N) is 1. The molecule has 0 saturated carbocycles. The maximum atomic E-state index is 13.3. The van der Waals surface area contributed by atoms with Crippen molar-refractivity contribution in [1.29, 1.82) is 0 Å². The zero-order chi connectivity index (χ0) is 14.8. The number of rotatable bonds is 1. The van der Waals surface area contributed by atoms with Crippen LogP contribution in [0.1, 0.15) is 16.7 Å². The van der Waals surface area contributed by atoms with E-state index < -0.39 is 0 Å². The molecule has 0 fully saturated rings. The fourth-order valence-corrected chi connectivity index (χ4v) is 2.59. The summed E-state index contributed by atoms with van der Waals surface area (Å²) in [5.74, 6) is -0.347. The highest BCUT2D eigenvalue weighted by molar-refractivity contribution is 5.90. The first-order chi connectivity index (χ1) is 10.1. The van der Waals surface area contributed by atoms with Gasteiger partial charge in [-0.3, -0.25) is 0 Å². The van der Waals surface area contributed by atoms with Gasteiger partial charge in [0, 0.05) is 18.8 Å². The van der Waals surface area contributed by atoms with Gasteiger partial charge < -0.3 is 10.2 Å². The Hall–Kier alpha value is -2.36. The lowest BCUT2D eigenvalue weighted by Crippen LogP contribution is -2.39. The molecule has 1 N–H and O–H groups in total. The predicted octanol–water partition coefficient (Wildman–Crippen LogP) is 3.72. The van der Waals surface area contributed by atoms with Crippen molar-refractivity contribution >= 4 is 11.7 Å². The molecular formula is C17H17FN2O. The highest BCUT2D eigenvalue weighted by atomic mass is 19.1. The van der Waals surface area contributed by atoms with Crippen molar-refractivity contribution in [1.82, 2.24) is 4.90 Å². The third kappa shape index (κ3) is 2.89. The summed E-state index contributed by atoms with van der Waals surface area (Å²) < 4.78 is 13.3. The minimum Gasteiger partial charge on any atom is -0.320 e. The largest absolute Gasteiger partial charge is 0.322 e. The summed E-state index contributed by atoms with van der Waals surface area (Å²) in [6, 6.07) is 12.4. The second kappa shape index (κ2) is 5.56. The number of aryl methyl sites for hydroxylation is 1. The molecule has 2 aromatic rings. The van der Waals surface area contributed by atoms with Crippen molar-refractivity contribution in [2.45, 2.75) is 19.9 Å². The van der Waals surface area contributed by atoms with Crippen LogP contribution in [0.25, 0.3) is 0 Å². The number of fused-ring (bicyclic) bond motifs is 1. The highest BCUT2D eigenvalue weighted by Crippen LogP contribution is 2.21. The molecule has 0 bridgehead atoms. The first-order valence-electron chi connectivity index (χ1n) is 7.02. The van der Waals surface area contributed by atoms with E-state index >= 15 is 0 Å². The van der Waals surface area contributed by atoms with Gasteiger partial charge in [-0.05, 0) is 42.2 Å². The highest BCUT2D eigenvalue weighted by Gasteiger charge is 2.20. The molecule has 3 rings (SSSR count). The standard InChI is InChI=1S/C17H17FN2O/c1-12-6-7-15(18)10-16(12)19-17(21)20-9-8-13-4-2-3-5-14(13)11-20/h2-7,10H,8-9,11H2,1H3,(H,19,21). The molecule has 0 unspecified atom stereocenters. The summed E-state index contributed by atoms with van der Waals surface area (Å²) in [6.45, 7) is 3.12. The zero-order valence-corrected chi connectivity index (χ0v) is 11.9. The van der Waals surface area contributed by atoms with Crippen LogP contribution in [0.3, 0.4) is 0 Å². The molecule has 3 nitrogen and oxygen atoms in total. The normalized spacial score (nSPS) is 13.7. The molecule has 0 saturated heterocycles. The van der Waals surface area contributed by atoms with Gasteiger partial charge in [0.05, 0.1) is 0 Å². The van der Waals surface area contributed by atoms with Gasteiger partial charge >= 0.3 is 6.03 Å². The van der Waals surface area contributed by atoms with Crippen LogP contribution >= 0.6 is 0 Å². The topological polar surface area (TPSA) is 32.3 Å². The fraction of sp³-hybridized carbons (Fsp3) is 0.235. The summed E-state index contributed by atoms with van der Waals surface area (Å²) >= 11 is 0. The number of anilines is 1. The van der Waals surface area contributed by atoms with Crippen LogP contribution < -0.4 is 5.32 Å². The van der Waals surface area contributed by atoms with Crippen LogP contribution in [0.4, 0.5) is 14.9 Å². The van der Waals surface area contributed by atoms with Crippen molar-refractivity contribution in [2.24, 2.45) is 0 Å². The van der Waals surface area contributed by atoms with E-state index in [2.05, 4.69) is 11.4 Å². The lowest BCUT2D eigenvalue weighted by molar-refractivity contribution is 0.206. The first kappa shape index (κ1) is 13.6. The van der Waals surface area contributed by atoms with Crippen LogP contribution in [0, 0.1) is 12.7 Å². The number of hydrogen-bond donors (Lipinski definition) is 1. The van der Waals surface area contributed by atoms with Gasteiger partial charge in [-0.2, -0.15) is 0 Å². The van der Waals surface area contributed by atoms with Gasteiger partial charge in [0.15, 0.2) is 0 Å². The van der Waals surface area contributed by atoms with Crippen molar-refractivity contribution in [2.75, 3.05) is 11.9 Å². The Morgan fingerprint density at radius 2 is 1.95 bits per heavy atom. The number of halogens is 1. The number of amides is 2. The van der Waals surface area contributed by atoms with Crippen LogP contribution in [0.15, 0.2) is 42.5 Å². The van der Waals surface area contributed by atoms with E-state index in [1.54, 1.807) is 11.0 Å². The summed E-state index contributed by atoms with van der Waals surface area (Å²) in [5, 5.41) is 2.80. The van der Waals surface area contributed by atoms with E-state index in [9.17, 15) is 9.18 Å². The third-order valence-electron chi connectivity index (χ3n) is 3.86. The molecule has 0 atom stereocenters. The van der Waals surface area contributed by atoms with Crippen LogP contribution in [-0.4, -0.2) is 17.5 Å². The molecule has 0 spiro atoms. The molecule has 1 aliphatic rings. The number of urea groups is 1. The van der Waals surface area contributed by atoms with Crippen LogP contribution in [0.5, 0.6) is 0 Å². The lowest BCUT2D eigenvalue weighted by atomic mass is 10.0. The van der Waals surface area contributed by atoms with Gasteiger partial charge in [-0.1, -0.05) is 30.3 Å². The summed E-state index contributed by atoms with van der Waals surface area (Å²) in [4.78, 5) is 14.1. The summed E-state index contributed by atoms with van der Waals surface area (Å²) in [7, 11) is 0. The van der Waals surface area contributed by atoms with E-state index in [1.165, 1.54) is 23.3 Å². The van der Waals surface area contributed by atoms with Crippen molar-refractivity contribution in [3.05, 3.63) is 65.0 Å². The molecule has 2 amide bonds. The minimum absolute atomic E-state index is 0.182. The van der Waals surface area contributed by atoms with Gasteiger partial charge in [-0.25, -0.2) is 9.18 Å². The van der Waals surface area contributed by atoms with Gasteiger partial charge in [0.2, 0.25) is 0 Å². The fourth-order valence-electron chi connectivity index (χ4n) is 2.59. The third-order valence-corrected chi connectivity index (χ3v) is 3.86. The SMILES string of the molecule is Cc1ccc(F)cc1NC(=O)N1CCc2ccccc2C1. The van der Waals surface area contributed by atoms with Gasteiger partial charge in [0.1, 0.15) is 5.82 Å². The molecule has 4 heteroatoms. The average Bonchev–Trinajstić information content (AvgIpc) is 2.50. The second-order valence-electron chi connectivity index (χ2n) is 5.33. The molecule has 0 aliphatic carbocycles. The predicted molar refractivity (Wildman–Crippen MR) is 80.7 cm³/mol. The smallest absolute Gasteiger partial charge is 0.320 e. The van der Waals surface area contributed by atoms with Crippen molar-refractivity contribution < 1.29 is 9.18 Å². The molecule has 0 radical (unpaired) electrons. The number of carbonyl (C=O) groups is 1. The van der Waals surface area contributed by atoms with E-state index in [1.807, 2.05) is 25.1 Å². The number of carbonyl (C=O) groups excluding carboxylic acids is 1. The van der Waals surface area contributed by atoms with Crippen molar-refractivity contribution in [3.63, 3.8) is 0 Å². The molecule has 1 aliphatic heterocycles. The first-order valence-corrected chi connectivity index (χ1v) is 7.02. The lowest BCUT2D eigenvalue weighted by Gasteiger charge is -2.29. The number of nitrogens with zero attached hydrogens (tertiary/aromatic N) is 1. The number of benzene rings is 2. The van der Waals surface area contributed by atoms with E-state index in [0.29, 0.717) is 18.8 Å². The van der Waals surface area contributed by atoms with Crippen molar-refractivity contribution in [3.8, 4) is 0 Å². The quantitative estimate of drug-likeness (QED) is 0.850.